The maximum Gasteiger partial charge on any atom is 0.261 e. The van der Waals surface area contributed by atoms with Crippen LogP contribution in [0.3, 0.4) is 0 Å². The molecule has 0 aromatic carbocycles. The third-order valence-electron chi connectivity index (χ3n) is 1.68. The first kappa shape index (κ1) is 5.88. The molecule has 1 amide bonds. The lowest BCUT2D eigenvalue weighted by Crippen LogP contribution is -2.52. The van der Waals surface area contributed by atoms with Crippen molar-refractivity contribution in [2.45, 2.75) is 12.3 Å². The van der Waals surface area contributed by atoms with Crippen molar-refractivity contribution in [1.82, 2.24) is 4.90 Å². The Morgan fingerprint density at radius 2 is 2.30 bits per heavy atom. The predicted molar refractivity (Wildman–Crippen MR) is 31.7 cm³/mol. The monoisotopic (exact) mass is 141 g/mol. The summed E-state index contributed by atoms with van der Waals surface area (Å²) in [7, 11) is 1.69. The fraction of sp³-hybridized carbons (Fsp3) is 0.500. The molecule has 4 heteroatoms. The van der Waals surface area contributed by atoms with Crippen molar-refractivity contribution < 1.29 is 14.6 Å². The smallest absolute Gasteiger partial charge is 0.261 e. The maximum absolute atomic E-state index is 11.1. The topological polar surface area (TPSA) is 38.8 Å². The molecule has 2 unspecified atom stereocenters. The SMILES string of the molecule is CN1C(=O)C2C=CC1OO2. The summed E-state index contributed by atoms with van der Waals surface area (Å²) >= 11 is 0. The van der Waals surface area contributed by atoms with E-state index in [1.165, 1.54) is 4.90 Å². The lowest BCUT2D eigenvalue weighted by atomic mass is 10.2. The molecule has 0 aliphatic carbocycles. The molecule has 1 saturated heterocycles. The molecular weight excluding hydrogens is 134 g/mol. The molecular formula is C6H7NO3. The first-order valence-corrected chi connectivity index (χ1v) is 3.06. The van der Waals surface area contributed by atoms with Crippen LogP contribution < -0.4 is 0 Å². The van der Waals surface area contributed by atoms with E-state index < -0.39 is 6.10 Å². The lowest BCUT2D eigenvalue weighted by Gasteiger charge is -2.36. The van der Waals surface area contributed by atoms with Gasteiger partial charge in [0.15, 0.2) is 12.3 Å². The Morgan fingerprint density at radius 1 is 1.50 bits per heavy atom. The molecule has 0 radical (unpaired) electrons. The Morgan fingerprint density at radius 3 is 2.60 bits per heavy atom. The molecule has 3 heterocycles. The number of fused-ring (bicyclic) bond motifs is 2. The van der Waals surface area contributed by atoms with E-state index in [-0.39, 0.29) is 12.1 Å². The van der Waals surface area contributed by atoms with Crippen molar-refractivity contribution in [3.63, 3.8) is 0 Å². The highest BCUT2D eigenvalue weighted by molar-refractivity contribution is 5.84. The number of carbonyl (C=O) groups excluding carboxylic acids is 1. The van der Waals surface area contributed by atoms with Gasteiger partial charge in [-0.3, -0.25) is 4.79 Å². The van der Waals surface area contributed by atoms with E-state index >= 15 is 0 Å². The maximum atomic E-state index is 11.1. The second kappa shape index (κ2) is 1.81. The standard InChI is InChI=1S/C6H7NO3/c1-7-5-3-2-4(6(7)8)9-10-5/h2-5H,1H3. The van der Waals surface area contributed by atoms with Crippen LogP contribution >= 0.6 is 0 Å². The lowest BCUT2D eigenvalue weighted by molar-refractivity contribution is -0.373. The van der Waals surface area contributed by atoms with Crippen LogP contribution in [0.25, 0.3) is 0 Å². The van der Waals surface area contributed by atoms with Crippen molar-refractivity contribution >= 4 is 5.91 Å². The van der Waals surface area contributed by atoms with E-state index in [9.17, 15) is 4.79 Å². The summed E-state index contributed by atoms with van der Waals surface area (Å²) < 4.78 is 0. The highest BCUT2D eigenvalue weighted by atomic mass is 17.2. The van der Waals surface area contributed by atoms with E-state index in [0.717, 1.165) is 0 Å². The quantitative estimate of drug-likeness (QED) is 0.342. The number of amides is 1. The van der Waals surface area contributed by atoms with Crippen LogP contribution in [0.1, 0.15) is 0 Å². The van der Waals surface area contributed by atoms with Gasteiger partial charge in [-0.05, 0) is 12.2 Å². The molecule has 3 aliphatic heterocycles. The van der Waals surface area contributed by atoms with Crippen molar-refractivity contribution in [2.75, 3.05) is 7.05 Å². The van der Waals surface area contributed by atoms with Gasteiger partial charge in [0.05, 0.1) is 0 Å². The van der Waals surface area contributed by atoms with Gasteiger partial charge in [-0.25, -0.2) is 9.78 Å². The molecule has 0 aromatic heterocycles. The highest BCUT2D eigenvalue weighted by Crippen LogP contribution is 2.20. The summed E-state index contributed by atoms with van der Waals surface area (Å²) in [5.41, 5.74) is 0. The minimum atomic E-state index is -0.519. The molecule has 54 valence electrons. The third-order valence-corrected chi connectivity index (χ3v) is 1.68. The van der Waals surface area contributed by atoms with Gasteiger partial charge < -0.3 is 4.90 Å². The Labute approximate surface area is 57.9 Å². The molecule has 2 bridgehead atoms. The predicted octanol–water partition coefficient (Wildman–Crippen LogP) is -0.329. The second-order valence-electron chi connectivity index (χ2n) is 2.34. The van der Waals surface area contributed by atoms with E-state index in [4.69, 9.17) is 4.89 Å². The Bertz CT molecular complexity index is 201. The summed E-state index contributed by atoms with van der Waals surface area (Å²) in [5.74, 6) is -0.0428. The third kappa shape index (κ3) is 0.600. The van der Waals surface area contributed by atoms with Gasteiger partial charge in [0.1, 0.15) is 0 Å². The van der Waals surface area contributed by atoms with Gasteiger partial charge in [0, 0.05) is 7.05 Å². The molecule has 3 rings (SSSR count). The zero-order valence-corrected chi connectivity index (χ0v) is 5.48. The van der Waals surface area contributed by atoms with Crippen LogP contribution in [-0.2, 0) is 14.6 Å². The molecule has 1 fully saturated rings. The molecule has 0 saturated carbocycles. The molecule has 0 spiro atoms. The van der Waals surface area contributed by atoms with Crippen LogP contribution in [0.2, 0.25) is 0 Å². The number of hydrogen-bond donors (Lipinski definition) is 0. The van der Waals surface area contributed by atoms with Gasteiger partial charge in [-0.15, -0.1) is 0 Å². The van der Waals surface area contributed by atoms with E-state index in [0.29, 0.717) is 0 Å². The number of nitrogens with zero attached hydrogens (tertiary/aromatic N) is 1. The minimum absolute atomic E-state index is 0.0428. The van der Waals surface area contributed by atoms with Gasteiger partial charge in [0.2, 0.25) is 0 Å². The molecule has 10 heavy (non-hydrogen) atoms. The summed E-state index contributed by atoms with van der Waals surface area (Å²) in [6.45, 7) is 0. The number of likely N-dealkylation sites (N-methyl/N-ethyl adjacent to an activating group) is 1. The fourth-order valence-corrected chi connectivity index (χ4v) is 1.02. The molecule has 0 N–H and O–H groups in total. The summed E-state index contributed by atoms with van der Waals surface area (Å²) in [6, 6.07) is 0. The van der Waals surface area contributed by atoms with Crippen molar-refractivity contribution in [1.29, 1.82) is 0 Å². The van der Waals surface area contributed by atoms with Crippen LogP contribution in [0.15, 0.2) is 12.2 Å². The van der Waals surface area contributed by atoms with Gasteiger partial charge >= 0.3 is 0 Å². The van der Waals surface area contributed by atoms with Crippen LogP contribution in [-0.4, -0.2) is 30.2 Å². The van der Waals surface area contributed by atoms with E-state index in [2.05, 4.69) is 4.89 Å². The number of carbonyl (C=O) groups is 1. The molecule has 2 atom stereocenters. The van der Waals surface area contributed by atoms with Gasteiger partial charge in [-0.2, -0.15) is 0 Å². The fourth-order valence-electron chi connectivity index (χ4n) is 1.02. The van der Waals surface area contributed by atoms with E-state index in [1.54, 1.807) is 19.2 Å². The average Bonchev–Trinajstić information content (AvgIpc) is 2.00. The van der Waals surface area contributed by atoms with Crippen LogP contribution in [0.5, 0.6) is 0 Å². The normalized spacial score (nSPS) is 37.3. The Kier molecular flexibility index (Phi) is 1.06. The second-order valence-corrected chi connectivity index (χ2v) is 2.34. The first-order valence-electron chi connectivity index (χ1n) is 3.06. The average molecular weight is 141 g/mol. The largest absolute Gasteiger partial charge is 0.311 e. The van der Waals surface area contributed by atoms with Crippen LogP contribution in [0, 0.1) is 0 Å². The Hall–Kier alpha value is -0.870. The molecule has 3 aliphatic rings. The minimum Gasteiger partial charge on any atom is -0.311 e. The van der Waals surface area contributed by atoms with Crippen molar-refractivity contribution in [3.05, 3.63) is 12.2 Å². The Balaban J connectivity index is 2.33. The van der Waals surface area contributed by atoms with Crippen molar-refractivity contribution in [2.24, 2.45) is 0 Å². The van der Waals surface area contributed by atoms with Crippen LogP contribution in [0.4, 0.5) is 0 Å². The zero-order chi connectivity index (χ0) is 7.14. The van der Waals surface area contributed by atoms with Gasteiger partial charge in [0.25, 0.3) is 5.91 Å². The molecule has 0 aromatic rings. The summed E-state index contributed by atoms with van der Waals surface area (Å²) in [5, 5.41) is 0. The highest BCUT2D eigenvalue weighted by Gasteiger charge is 2.36. The first-order chi connectivity index (χ1) is 4.79. The number of hydrogen-bond acceptors (Lipinski definition) is 3. The zero-order valence-electron chi connectivity index (χ0n) is 5.48. The van der Waals surface area contributed by atoms with Gasteiger partial charge in [-0.1, -0.05) is 0 Å². The van der Waals surface area contributed by atoms with Crippen molar-refractivity contribution in [3.8, 4) is 0 Å². The summed E-state index contributed by atoms with van der Waals surface area (Å²) in [4.78, 5) is 22.0. The summed E-state index contributed by atoms with van der Waals surface area (Å²) in [6.07, 6.45) is 2.67. The number of rotatable bonds is 0. The van der Waals surface area contributed by atoms with E-state index in [1.807, 2.05) is 0 Å². The molecule has 4 nitrogen and oxygen atoms in total.